The van der Waals surface area contributed by atoms with E-state index in [1.165, 1.54) is 17.1 Å². The maximum Gasteiger partial charge on any atom is 0.248 e. The first-order valence-corrected chi connectivity index (χ1v) is 10.6. The molecule has 0 aliphatic carbocycles. The fourth-order valence-electron chi connectivity index (χ4n) is 4.14. The number of nitrogen functional groups attached to an aromatic ring is 1. The van der Waals surface area contributed by atoms with Crippen LogP contribution in [0.2, 0.25) is 0 Å². The highest BCUT2D eigenvalue weighted by atomic mass is 19.1. The molecule has 0 atom stereocenters. The molecule has 2 aromatic heterocycles. The molecule has 1 fully saturated rings. The standard InChI is InChI=1S/C21H28FN9/c1-3-29(4-2)16-8-11-30(12-9-16)18-6-5-15(13-17(18)22)26-21-27-20(23)31(28-21)19-7-10-24-14-25-19/h5-7,10,13-14,16H,3-4,8-9,11-12H2,1-2H3,(H3,23,26,27,28). The topological polar surface area (TPSA) is 101 Å². The number of nitrogens with two attached hydrogens (primary N) is 1. The molecule has 1 saturated heterocycles. The second kappa shape index (κ2) is 9.25. The number of aromatic nitrogens is 5. The van der Waals surface area contributed by atoms with E-state index in [9.17, 15) is 4.39 Å². The van der Waals surface area contributed by atoms with Crippen LogP contribution in [0.4, 0.5) is 27.7 Å². The Labute approximate surface area is 181 Å². The zero-order valence-electron chi connectivity index (χ0n) is 17.9. The molecule has 3 N–H and O–H groups in total. The van der Waals surface area contributed by atoms with Crippen molar-refractivity contribution in [1.29, 1.82) is 0 Å². The molecular formula is C21H28FN9. The lowest BCUT2D eigenvalue weighted by Gasteiger charge is -2.38. The highest BCUT2D eigenvalue weighted by Crippen LogP contribution is 2.28. The summed E-state index contributed by atoms with van der Waals surface area (Å²) in [6.07, 6.45) is 5.09. The van der Waals surface area contributed by atoms with E-state index in [4.69, 9.17) is 5.73 Å². The number of rotatable bonds is 7. The van der Waals surface area contributed by atoms with E-state index in [-0.39, 0.29) is 17.7 Å². The number of nitrogens with one attached hydrogen (secondary N) is 1. The molecule has 3 heterocycles. The fraction of sp³-hybridized carbons (Fsp3) is 0.429. The summed E-state index contributed by atoms with van der Waals surface area (Å²) in [6.45, 7) is 8.21. The normalized spacial score (nSPS) is 14.9. The van der Waals surface area contributed by atoms with Crippen molar-refractivity contribution >= 4 is 23.3 Å². The van der Waals surface area contributed by atoms with Crippen LogP contribution in [-0.4, -0.2) is 61.9 Å². The van der Waals surface area contributed by atoms with Crippen LogP contribution in [0, 0.1) is 5.82 Å². The number of piperidine rings is 1. The van der Waals surface area contributed by atoms with Crippen molar-refractivity contribution in [2.45, 2.75) is 32.7 Å². The van der Waals surface area contributed by atoms with Gasteiger partial charge in [-0.15, -0.1) is 5.10 Å². The predicted octanol–water partition coefficient (Wildman–Crippen LogP) is 2.83. The summed E-state index contributed by atoms with van der Waals surface area (Å²) in [4.78, 5) is 16.8. The number of anilines is 4. The molecule has 10 heteroatoms. The maximum absolute atomic E-state index is 14.9. The number of hydrogen-bond acceptors (Lipinski definition) is 8. The van der Waals surface area contributed by atoms with Crippen molar-refractivity contribution < 1.29 is 4.39 Å². The Morgan fingerprint density at radius 1 is 1.19 bits per heavy atom. The molecule has 164 valence electrons. The van der Waals surface area contributed by atoms with Crippen molar-refractivity contribution in [2.75, 3.05) is 42.1 Å². The zero-order valence-corrected chi connectivity index (χ0v) is 17.9. The van der Waals surface area contributed by atoms with Gasteiger partial charge in [0.2, 0.25) is 11.9 Å². The fourth-order valence-corrected chi connectivity index (χ4v) is 4.14. The zero-order chi connectivity index (χ0) is 21.8. The smallest absolute Gasteiger partial charge is 0.248 e. The average Bonchev–Trinajstić information content (AvgIpc) is 3.16. The number of halogens is 1. The predicted molar refractivity (Wildman–Crippen MR) is 119 cm³/mol. The summed E-state index contributed by atoms with van der Waals surface area (Å²) < 4.78 is 16.3. The first kappa shape index (κ1) is 21.0. The Morgan fingerprint density at radius 2 is 1.97 bits per heavy atom. The SMILES string of the molecule is CCN(CC)C1CCN(c2ccc(Nc3nc(N)n(-c4ccncn4)n3)cc2F)CC1. The van der Waals surface area contributed by atoms with Gasteiger partial charge in [0.1, 0.15) is 12.1 Å². The average molecular weight is 426 g/mol. The Morgan fingerprint density at radius 3 is 2.61 bits per heavy atom. The van der Waals surface area contributed by atoms with Crippen LogP contribution in [0.5, 0.6) is 0 Å². The molecule has 0 spiro atoms. The lowest BCUT2D eigenvalue weighted by atomic mass is 10.0. The minimum absolute atomic E-state index is 0.175. The van der Waals surface area contributed by atoms with Crippen LogP contribution >= 0.6 is 0 Å². The minimum Gasteiger partial charge on any atom is -0.369 e. The van der Waals surface area contributed by atoms with Crippen LogP contribution in [0.3, 0.4) is 0 Å². The van der Waals surface area contributed by atoms with Crippen LogP contribution < -0.4 is 16.0 Å². The second-order valence-electron chi connectivity index (χ2n) is 7.50. The molecule has 31 heavy (non-hydrogen) atoms. The molecule has 4 rings (SSSR count). The Hall–Kier alpha value is -3.27. The van der Waals surface area contributed by atoms with Crippen LogP contribution in [0.15, 0.2) is 36.8 Å². The van der Waals surface area contributed by atoms with Gasteiger partial charge in [-0.05, 0) is 44.1 Å². The largest absolute Gasteiger partial charge is 0.369 e. The van der Waals surface area contributed by atoms with Gasteiger partial charge in [0.05, 0.1) is 5.69 Å². The van der Waals surface area contributed by atoms with Crippen molar-refractivity contribution in [3.8, 4) is 5.82 Å². The van der Waals surface area contributed by atoms with E-state index >= 15 is 0 Å². The molecule has 0 bridgehead atoms. The third kappa shape index (κ3) is 4.58. The summed E-state index contributed by atoms with van der Waals surface area (Å²) in [5, 5.41) is 7.31. The minimum atomic E-state index is -0.269. The van der Waals surface area contributed by atoms with Gasteiger partial charge in [-0.1, -0.05) is 13.8 Å². The highest BCUT2D eigenvalue weighted by Gasteiger charge is 2.24. The molecule has 0 amide bonds. The molecule has 0 unspecified atom stereocenters. The Balaban J connectivity index is 1.43. The molecule has 0 saturated carbocycles. The summed E-state index contributed by atoms with van der Waals surface area (Å²) in [6, 6.07) is 7.35. The van der Waals surface area contributed by atoms with Crippen LogP contribution in [0.25, 0.3) is 5.82 Å². The summed E-state index contributed by atoms with van der Waals surface area (Å²) >= 11 is 0. The molecular weight excluding hydrogens is 397 g/mol. The van der Waals surface area contributed by atoms with E-state index in [2.05, 4.69) is 49.0 Å². The van der Waals surface area contributed by atoms with Gasteiger partial charge in [0.15, 0.2) is 5.82 Å². The van der Waals surface area contributed by atoms with Gasteiger partial charge in [-0.3, -0.25) is 0 Å². The monoisotopic (exact) mass is 425 g/mol. The van der Waals surface area contributed by atoms with Gasteiger partial charge in [0.25, 0.3) is 0 Å². The van der Waals surface area contributed by atoms with Crippen LogP contribution in [-0.2, 0) is 0 Å². The number of hydrogen-bond donors (Lipinski definition) is 2. The van der Waals surface area contributed by atoms with E-state index in [1.54, 1.807) is 18.3 Å². The van der Waals surface area contributed by atoms with E-state index in [0.717, 1.165) is 39.0 Å². The van der Waals surface area contributed by atoms with E-state index in [0.29, 0.717) is 23.2 Å². The van der Waals surface area contributed by atoms with E-state index < -0.39 is 0 Å². The summed E-state index contributed by atoms with van der Waals surface area (Å²) in [7, 11) is 0. The van der Waals surface area contributed by atoms with Crippen molar-refractivity contribution in [2.24, 2.45) is 0 Å². The summed E-state index contributed by atoms with van der Waals surface area (Å²) in [5.74, 6) is 0.676. The molecule has 1 aliphatic rings. The van der Waals surface area contributed by atoms with Gasteiger partial charge in [-0.25, -0.2) is 14.4 Å². The lowest BCUT2D eigenvalue weighted by Crippen LogP contribution is -2.45. The molecule has 1 aromatic carbocycles. The third-order valence-corrected chi connectivity index (χ3v) is 5.75. The van der Waals surface area contributed by atoms with E-state index in [1.807, 2.05) is 6.07 Å². The van der Waals surface area contributed by atoms with Gasteiger partial charge >= 0.3 is 0 Å². The maximum atomic E-state index is 14.9. The van der Waals surface area contributed by atoms with Gasteiger partial charge in [-0.2, -0.15) is 9.67 Å². The number of benzene rings is 1. The first-order valence-electron chi connectivity index (χ1n) is 10.6. The van der Waals surface area contributed by atoms with Crippen molar-refractivity contribution in [1.82, 2.24) is 29.6 Å². The summed E-state index contributed by atoms with van der Waals surface area (Å²) in [5.41, 5.74) is 7.12. The van der Waals surface area contributed by atoms with Gasteiger partial charge in [0, 0.05) is 37.1 Å². The third-order valence-electron chi connectivity index (χ3n) is 5.75. The Kier molecular flexibility index (Phi) is 6.26. The molecule has 0 radical (unpaired) electrons. The molecule has 1 aliphatic heterocycles. The molecule has 3 aromatic rings. The second-order valence-corrected chi connectivity index (χ2v) is 7.50. The quantitative estimate of drug-likeness (QED) is 0.596. The van der Waals surface area contributed by atoms with Crippen molar-refractivity contribution in [3.05, 3.63) is 42.6 Å². The van der Waals surface area contributed by atoms with Crippen LogP contribution in [0.1, 0.15) is 26.7 Å². The number of nitrogens with zero attached hydrogens (tertiary/aromatic N) is 7. The molecule has 9 nitrogen and oxygen atoms in total. The van der Waals surface area contributed by atoms with Crippen molar-refractivity contribution in [3.63, 3.8) is 0 Å². The lowest BCUT2D eigenvalue weighted by molar-refractivity contribution is 0.186. The first-order chi connectivity index (χ1) is 15.1. The van der Waals surface area contributed by atoms with Gasteiger partial charge < -0.3 is 20.9 Å². The Bertz CT molecular complexity index is 995. The highest BCUT2D eigenvalue weighted by molar-refractivity contribution is 5.61.